The van der Waals surface area contributed by atoms with Crippen LogP contribution in [0.5, 0.6) is 0 Å². The van der Waals surface area contributed by atoms with E-state index in [4.69, 9.17) is 5.11 Å². The number of aliphatic carboxylic acids is 1. The molecule has 7 nitrogen and oxygen atoms in total. The highest BCUT2D eigenvalue weighted by atomic mass is 32.2. The Hall–Kier alpha value is -2.40. The van der Waals surface area contributed by atoms with Crippen molar-refractivity contribution in [1.29, 1.82) is 0 Å². The fraction of sp³-hybridized carbons (Fsp3) is 0.545. The van der Waals surface area contributed by atoms with E-state index >= 15 is 0 Å². The van der Waals surface area contributed by atoms with Crippen molar-refractivity contribution in [2.45, 2.75) is 74.5 Å². The first-order valence-corrected chi connectivity index (χ1v) is 12.6. The fourth-order valence-corrected chi connectivity index (χ4v) is 6.06. The van der Waals surface area contributed by atoms with E-state index in [1.54, 1.807) is 0 Å². The van der Waals surface area contributed by atoms with E-state index in [-0.39, 0.29) is 23.4 Å². The fourth-order valence-electron chi connectivity index (χ4n) is 4.85. The summed E-state index contributed by atoms with van der Waals surface area (Å²) < 4.78 is 68.0. The number of carboxylic acid groups (broad SMARTS) is 1. The molecule has 0 bridgehead atoms. The van der Waals surface area contributed by atoms with Gasteiger partial charge >= 0.3 is 12.1 Å². The molecule has 0 spiro atoms. The van der Waals surface area contributed by atoms with Gasteiger partial charge in [-0.2, -0.15) is 18.3 Å². The minimum absolute atomic E-state index is 0.0600. The molecule has 2 aromatic rings. The Kier molecular flexibility index (Phi) is 6.54. The summed E-state index contributed by atoms with van der Waals surface area (Å²) in [5, 5.41) is 16.1. The third kappa shape index (κ3) is 5.24. The lowest BCUT2D eigenvalue weighted by atomic mass is 9.93. The van der Waals surface area contributed by atoms with E-state index in [9.17, 15) is 26.4 Å². The van der Waals surface area contributed by atoms with Crippen LogP contribution in [0.3, 0.4) is 0 Å². The van der Waals surface area contributed by atoms with E-state index in [0.717, 1.165) is 43.0 Å². The number of benzene rings is 1. The first kappa shape index (κ1) is 23.7. The normalized spacial score (nSPS) is 19.5. The molecule has 1 saturated carbocycles. The van der Waals surface area contributed by atoms with Crippen LogP contribution in [0.15, 0.2) is 29.3 Å². The number of nitrogens with one attached hydrogen (secondary N) is 1. The molecule has 1 fully saturated rings. The molecule has 1 aromatic carbocycles. The third-order valence-corrected chi connectivity index (χ3v) is 8.01. The molecule has 0 unspecified atom stereocenters. The maximum atomic E-state index is 13.5. The number of carbonyl (C=O) groups is 1. The quantitative estimate of drug-likeness (QED) is 0.614. The first-order valence-electron chi connectivity index (χ1n) is 11.0. The van der Waals surface area contributed by atoms with Crippen LogP contribution in [-0.2, 0) is 33.8 Å². The number of halogens is 3. The molecule has 1 aromatic heterocycles. The van der Waals surface area contributed by atoms with Gasteiger partial charge in [0, 0.05) is 17.3 Å². The molecule has 4 rings (SSSR count). The van der Waals surface area contributed by atoms with Crippen LogP contribution < -0.4 is 5.32 Å². The number of hydrogen-bond donors (Lipinski definition) is 2. The largest absolute Gasteiger partial charge is 0.480 e. The van der Waals surface area contributed by atoms with Gasteiger partial charge < -0.3 is 5.11 Å². The third-order valence-electron chi connectivity index (χ3n) is 6.51. The number of aromatic nitrogens is 2. The minimum Gasteiger partial charge on any atom is -0.480 e. The zero-order valence-electron chi connectivity index (χ0n) is 17.9. The van der Waals surface area contributed by atoms with Gasteiger partial charge in [0.05, 0.1) is 16.7 Å². The molecule has 33 heavy (non-hydrogen) atoms. The predicted octanol–water partition coefficient (Wildman–Crippen LogP) is 4.04. The average Bonchev–Trinajstić information content (AvgIpc) is 3.42. The van der Waals surface area contributed by atoms with Gasteiger partial charge in [0.15, 0.2) is 9.84 Å². The van der Waals surface area contributed by atoms with Crippen molar-refractivity contribution >= 4 is 15.8 Å². The van der Waals surface area contributed by atoms with Gasteiger partial charge in [-0.3, -0.25) is 14.8 Å². The predicted molar refractivity (Wildman–Crippen MR) is 113 cm³/mol. The zero-order valence-corrected chi connectivity index (χ0v) is 18.8. The van der Waals surface area contributed by atoms with Crippen molar-refractivity contribution in [3.05, 3.63) is 46.8 Å². The van der Waals surface area contributed by atoms with Gasteiger partial charge in [0.2, 0.25) is 0 Å². The Balaban J connectivity index is 1.57. The molecule has 11 heteroatoms. The van der Waals surface area contributed by atoms with Crippen LogP contribution in [0.2, 0.25) is 0 Å². The van der Waals surface area contributed by atoms with Crippen LogP contribution in [0.4, 0.5) is 13.2 Å². The van der Waals surface area contributed by atoms with Crippen molar-refractivity contribution in [3.63, 3.8) is 0 Å². The van der Waals surface area contributed by atoms with Crippen molar-refractivity contribution in [2.24, 2.45) is 0 Å². The van der Waals surface area contributed by atoms with Crippen LogP contribution >= 0.6 is 0 Å². The van der Waals surface area contributed by atoms with Gasteiger partial charge in [0.1, 0.15) is 12.4 Å². The Morgan fingerprint density at radius 3 is 2.55 bits per heavy atom. The zero-order chi connectivity index (χ0) is 23.8. The highest BCUT2D eigenvalue weighted by Crippen LogP contribution is 2.39. The molecule has 0 amide bonds. The lowest BCUT2D eigenvalue weighted by Gasteiger charge is -2.24. The van der Waals surface area contributed by atoms with E-state index in [1.165, 1.54) is 16.9 Å². The summed E-state index contributed by atoms with van der Waals surface area (Å²) in [5.74, 6) is -1.61. The smallest absolute Gasteiger partial charge is 0.416 e. The second-order valence-electron chi connectivity index (χ2n) is 8.78. The van der Waals surface area contributed by atoms with Crippen LogP contribution in [0.25, 0.3) is 0 Å². The number of hydrogen-bond acceptors (Lipinski definition) is 5. The molecular weight excluding hydrogens is 459 g/mol. The standard InChI is InChI=1S/C22H26F3N3O4S/c23-22(24,25)16-8-15(14-4-1-2-5-14)9-17(10-16)33(31,32)13-26-19-6-3-7-20-18(19)11-27-28(20)12-21(29)30/h8-11,14,19,26H,1-7,12-13H2,(H,29,30)/t19-/m1/s1. The Bertz CT molecular complexity index is 1140. The molecular formula is C22H26F3N3O4S. The Morgan fingerprint density at radius 2 is 1.88 bits per heavy atom. The molecule has 0 saturated heterocycles. The lowest BCUT2D eigenvalue weighted by Crippen LogP contribution is -2.30. The van der Waals surface area contributed by atoms with Gasteiger partial charge in [-0.1, -0.05) is 12.8 Å². The molecule has 0 aliphatic heterocycles. The monoisotopic (exact) mass is 485 g/mol. The lowest BCUT2D eigenvalue weighted by molar-refractivity contribution is -0.138. The van der Waals surface area contributed by atoms with Gasteiger partial charge in [0.25, 0.3) is 0 Å². The summed E-state index contributed by atoms with van der Waals surface area (Å²) in [5.41, 5.74) is 0.950. The summed E-state index contributed by atoms with van der Waals surface area (Å²) in [6.07, 6.45) is 2.21. The first-order chi connectivity index (χ1) is 15.5. The van der Waals surface area contributed by atoms with Gasteiger partial charge in [-0.25, -0.2) is 8.42 Å². The number of fused-ring (bicyclic) bond motifs is 1. The molecule has 0 radical (unpaired) electrons. The van der Waals surface area contributed by atoms with Crippen molar-refractivity contribution in [3.8, 4) is 0 Å². The molecule has 1 heterocycles. The van der Waals surface area contributed by atoms with Crippen molar-refractivity contribution in [1.82, 2.24) is 15.1 Å². The van der Waals surface area contributed by atoms with Gasteiger partial charge in [-0.15, -0.1) is 0 Å². The number of rotatable bonds is 7. The molecule has 2 aliphatic rings. The summed E-state index contributed by atoms with van der Waals surface area (Å²) in [7, 11) is -4.04. The number of nitrogens with zero attached hydrogens (tertiary/aromatic N) is 2. The number of alkyl halides is 3. The van der Waals surface area contributed by atoms with E-state index in [1.807, 2.05) is 0 Å². The second kappa shape index (κ2) is 9.09. The number of sulfone groups is 1. The average molecular weight is 486 g/mol. The minimum atomic E-state index is -4.64. The van der Waals surface area contributed by atoms with E-state index < -0.39 is 33.4 Å². The maximum Gasteiger partial charge on any atom is 0.416 e. The van der Waals surface area contributed by atoms with E-state index in [2.05, 4.69) is 10.4 Å². The Labute approximate surface area is 189 Å². The van der Waals surface area contributed by atoms with Gasteiger partial charge in [-0.05, 0) is 61.8 Å². The molecule has 180 valence electrons. The van der Waals surface area contributed by atoms with Crippen LogP contribution in [-0.4, -0.2) is 35.2 Å². The highest BCUT2D eigenvalue weighted by Gasteiger charge is 2.34. The highest BCUT2D eigenvalue weighted by molar-refractivity contribution is 7.91. The van der Waals surface area contributed by atoms with Crippen LogP contribution in [0, 0.1) is 0 Å². The number of carboxylic acids is 1. The summed E-state index contributed by atoms with van der Waals surface area (Å²) in [6.45, 7) is -0.283. The SMILES string of the molecule is O=C(O)Cn1ncc2c1CCC[C@H]2NCS(=O)(=O)c1cc(C2CCCC2)cc(C(F)(F)F)c1. The van der Waals surface area contributed by atoms with E-state index in [0.29, 0.717) is 30.9 Å². The van der Waals surface area contributed by atoms with Crippen molar-refractivity contribution < 1.29 is 31.5 Å². The van der Waals surface area contributed by atoms with Crippen LogP contribution in [0.1, 0.15) is 72.9 Å². The maximum absolute atomic E-state index is 13.5. The topological polar surface area (TPSA) is 101 Å². The van der Waals surface area contributed by atoms with Crippen molar-refractivity contribution in [2.75, 3.05) is 5.88 Å². The second-order valence-corrected chi connectivity index (χ2v) is 10.8. The molecule has 2 N–H and O–H groups in total. The Morgan fingerprint density at radius 1 is 1.15 bits per heavy atom. The summed E-state index contributed by atoms with van der Waals surface area (Å²) in [6, 6.07) is 2.81. The molecule has 1 atom stereocenters. The summed E-state index contributed by atoms with van der Waals surface area (Å²) in [4.78, 5) is 10.7. The summed E-state index contributed by atoms with van der Waals surface area (Å²) >= 11 is 0. The molecule has 2 aliphatic carbocycles.